The van der Waals surface area contributed by atoms with Crippen LogP contribution in [0.25, 0.3) is 0 Å². The lowest BCUT2D eigenvalue weighted by Crippen LogP contribution is -2.36. The van der Waals surface area contributed by atoms with Gasteiger partial charge < -0.3 is 14.7 Å². The largest absolute Gasteiger partial charge is 0.477 e. The average Bonchev–Trinajstić information content (AvgIpc) is 2.84. The van der Waals surface area contributed by atoms with E-state index in [9.17, 15) is 9.90 Å². The molecule has 0 spiro atoms. The molecule has 1 aliphatic rings. The molecule has 1 N–H and O–H groups in total. The summed E-state index contributed by atoms with van der Waals surface area (Å²) in [4.78, 5) is 18.3. The van der Waals surface area contributed by atoms with E-state index in [-0.39, 0.29) is 5.92 Å². The van der Waals surface area contributed by atoms with Crippen LogP contribution in [0.15, 0.2) is 0 Å². The molecular formula is C13H20N2O3S. The molecule has 0 radical (unpaired) electrons. The van der Waals surface area contributed by atoms with Crippen LogP contribution >= 0.6 is 11.3 Å². The molecule has 1 fully saturated rings. The third-order valence-electron chi connectivity index (χ3n) is 3.42. The van der Waals surface area contributed by atoms with Crippen LogP contribution in [0.3, 0.4) is 0 Å². The van der Waals surface area contributed by atoms with Crippen LogP contribution in [-0.4, -0.2) is 42.4 Å². The Morgan fingerprint density at radius 3 is 2.58 bits per heavy atom. The summed E-state index contributed by atoms with van der Waals surface area (Å²) in [5.74, 6) is -0.757. The smallest absolute Gasteiger partial charge is 0.347 e. The fraction of sp³-hybridized carbons (Fsp3) is 0.692. The van der Waals surface area contributed by atoms with Crippen LogP contribution in [-0.2, 0) is 4.74 Å². The predicted octanol–water partition coefficient (Wildman–Crippen LogP) is 2.58. The second-order valence-corrected chi connectivity index (χ2v) is 6.10. The first kappa shape index (κ1) is 14.3. The maximum Gasteiger partial charge on any atom is 0.347 e. The fourth-order valence-electron chi connectivity index (χ4n) is 2.24. The van der Waals surface area contributed by atoms with Gasteiger partial charge in [-0.2, -0.15) is 0 Å². The van der Waals surface area contributed by atoms with E-state index >= 15 is 0 Å². The van der Waals surface area contributed by atoms with Crippen molar-refractivity contribution in [1.82, 2.24) is 4.98 Å². The van der Waals surface area contributed by atoms with Gasteiger partial charge in [-0.15, -0.1) is 0 Å². The normalized spacial score (nSPS) is 16.8. The van der Waals surface area contributed by atoms with Crippen molar-refractivity contribution in [2.75, 3.05) is 25.2 Å². The molecule has 5 nitrogen and oxygen atoms in total. The molecular weight excluding hydrogens is 264 g/mol. The molecule has 106 valence electrons. The third kappa shape index (κ3) is 3.06. The highest BCUT2D eigenvalue weighted by Gasteiger charge is 2.25. The third-order valence-corrected chi connectivity index (χ3v) is 4.57. The first-order valence-corrected chi connectivity index (χ1v) is 7.37. The molecule has 6 heteroatoms. The summed E-state index contributed by atoms with van der Waals surface area (Å²) < 4.78 is 5.35. The molecule has 0 amide bonds. The van der Waals surface area contributed by atoms with Crippen molar-refractivity contribution in [2.45, 2.75) is 38.6 Å². The Labute approximate surface area is 117 Å². The van der Waals surface area contributed by atoms with Crippen molar-refractivity contribution in [3.8, 4) is 0 Å². The number of hydrogen-bond donors (Lipinski definition) is 1. The summed E-state index contributed by atoms with van der Waals surface area (Å²) in [6.45, 7) is 5.48. The summed E-state index contributed by atoms with van der Waals surface area (Å²) in [5, 5.41) is 10.1. The van der Waals surface area contributed by atoms with Gasteiger partial charge in [0.1, 0.15) is 4.88 Å². The average molecular weight is 284 g/mol. The van der Waals surface area contributed by atoms with Crippen LogP contribution in [0.4, 0.5) is 5.13 Å². The van der Waals surface area contributed by atoms with E-state index in [0.717, 1.165) is 31.2 Å². The van der Waals surface area contributed by atoms with Gasteiger partial charge in [0, 0.05) is 26.3 Å². The number of rotatable bonds is 4. The minimum Gasteiger partial charge on any atom is -0.477 e. The van der Waals surface area contributed by atoms with Crippen LogP contribution in [0.5, 0.6) is 0 Å². The Morgan fingerprint density at radius 1 is 1.47 bits per heavy atom. The fourth-order valence-corrected chi connectivity index (χ4v) is 3.34. The first-order valence-electron chi connectivity index (χ1n) is 6.55. The van der Waals surface area contributed by atoms with E-state index in [2.05, 4.69) is 9.88 Å². The molecule has 0 saturated carbocycles. The van der Waals surface area contributed by atoms with E-state index in [1.54, 1.807) is 0 Å². The zero-order valence-corrected chi connectivity index (χ0v) is 12.4. The minimum atomic E-state index is -0.882. The van der Waals surface area contributed by atoms with Crippen molar-refractivity contribution in [3.63, 3.8) is 0 Å². The van der Waals surface area contributed by atoms with E-state index in [1.807, 2.05) is 20.9 Å². The molecule has 0 aromatic carbocycles. The summed E-state index contributed by atoms with van der Waals surface area (Å²) in [7, 11) is 1.99. The van der Waals surface area contributed by atoms with Crippen molar-refractivity contribution in [3.05, 3.63) is 10.6 Å². The van der Waals surface area contributed by atoms with Gasteiger partial charge in [0.2, 0.25) is 0 Å². The standard InChI is InChI=1S/C13H20N2O3S/c1-8(2)10-11(12(16)17)19-13(14-10)15(3)9-4-6-18-7-5-9/h8-9H,4-7H2,1-3H3,(H,16,17). The number of aromatic nitrogens is 1. The topological polar surface area (TPSA) is 62.7 Å². The number of anilines is 1. The molecule has 1 aromatic heterocycles. The number of nitrogens with zero attached hydrogens (tertiary/aromatic N) is 2. The number of aromatic carboxylic acids is 1. The van der Waals surface area contributed by atoms with Crippen molar-refractivity contribution in [2.24, 2.45) is 0 Å². The number of ether oxygens (including phenoxy) is 1. The van der Waals surface area contributed by atoms with Gasteiger partial charge in [-0.3, -0.25) is 0 Å². The summed E-state index contributed by atoms with van der Waals surface area (Å²) in [5.41, 5.74) is 0.686. The lowest BCUT2D eigenvalue weighted by atomic mass is 10.1. The quantitative estimate of drug-likeness (QED) is 0.920. The molecule has 2 rings (SSSR count). The molecule has 1 saturated heterocycles. The molecule has 1 aromatic rings. The van der Waals surface area contributed by atoms with E-state index in [1.165, 1.54) is 11.3 Å². The van der Waals surface area contributed by atoms with Crippen molar-refractivity contribution < 1.29 is 14.6 Å². The first-order chi connectivity index (χ1) is 9.00. The van der Waals surface area contributed by atoms with Gasteiger partial charge in [0.15, 0.2) is 5.13 Å². The van der Waals surface area contributed by atoms with Crippen molar-refractivity contribution in [1.29, 1.82) is 0 Å². The van der Waals surface area contributed by atoms with Gasteiger partial charge in [-0.1, -0.05) is 25.2 Å². The number of carbonyl (C=O) groups is 1. The van der Waals surface area contributed by atoms with E-state index in [0.29, 0.717) is 16.6 Å². The second-order valence-electron chi connectivity index (χ2n) is 5.13. The van der Waals surface area contributed by atoms with Crippen LogP contribution < -0.4 is 4.90 Å². The monoisotopic (exact) mass is 284 g/mol. The SMILES string of the molecule is CC(C)c1nc(N(C)C2CCOCC2)sc1C(=O)O. The molecule has 2 heterocycles. The van der Waals surface area contributed by atoms with Crippen LogP contribution in [0.1, 0.15) is 48.0 Å². The van der Waals surface area contributed by atoms with Gasteiger partial charge in [-0.05, 0) is 18.8 Å². The lowest BCUT2D eigenvalue weighted by molar-refractivity contribution is 0.0700. The van der Waals surface area contributed by atoms with E-state index in [4.69, 9.17) is 4.74 Å². The molecule has 0 aliphatic carbocycles. The Kier molecular flexibility index (Phi) is 4.42. The molecule has 0 unspecified atom stereocenters. The zero-order valence-electron chi connectivity index (χ0n) is 11.5. The zero-order chi connectivity index (χ0) is 14.0. The Bertz CT molecular complexity index is 453. The molecule has 0 bridgehead atoms. The highest BCUT2D eigenvalue weighted by Crippen LogP contribution is 2.32. The predicted molar refractivity (Wildman–Crippen MR) is 75.4 cm³/mol. The van der Waals surface area contributed by atoms with Gasteiger partial charge >= 0.3 is 5.97 Å². The maximum atomic E-state index is 11.3. The summed E-state index contributed by atoms with van der Waals surface area (Å²) in [6.07, 6.45) is 1.94. The lowest BCUT2D eigenvalue weighted by Gasteiger charge is -2.30. The van der Waals surface area contributed by atoms with Crippen LogP contribution in [0.2, 0.25) is 0 Å². The Balaban J connectivity index is 2.24. The molecule has 1 aliphatic heterocycles. The van der Waals surface area contributed by atoms with Crippen LogP contribution in [0, 0.1) is 0 Å². The Morgan fingerprint density at radius 2 is 2.11 bits per heavy atom. The number of thiazole rings is 1. The van der Waals surface area contributed by atoms with Gasteiger partial charge in [0.05, 0.1) is 5.69 Å². The van der Waals surface area contributed by atoms with Gasteiger partial charge in [0.25, 0.3) is 0 Å². The minimum absolute atomic E-state index is 0.124. The molecule has 0 atom stereocenters. The number of carboxylic acids is 1. The summed E-state index contributed by atoms with van der Waals surface area (Å²) in [6, 6.07) is 0.390. The van der Waals surface area contributed by atoms with Gasteiger partial charge in [-0.25, -0.2) is 9.78 Å². The summed E-state index contributed by atoms with van der Waals surface area (Å²) >= 11 is 1.27. The maximum absolute atomic E-state index is 11.3. The number of carboxylic acid groups (broad SMARTS) is 1. The van der Waals surface area contributed by atoms with E-state index < -0.39 is 5.97 Å². The van der Waals surface area contributed by atoms with Crippen molar-refractivity contribution >= 4 is 22.4 Å². The molecule has 19 heavy (non-hydrogen) atoms. The highest BCUT2D eigenvalue weighted by atomic mass is 32.1. The second kappa shape index (κ2) is 5.88. The highest BCUT2D eigenvalue weighted by molar-refractivity contribution is 7.17. The number of hydrogen-bond acceptors (Lipinski definition) is 5. The Hall–Kier alpha value is -1.14.